The number of nitrogens with two attached hydrogens (primary N) is 1. The van der Waals surface area contributed by atoms with Crippen molar-refractivity contribution in [2.24, 2.45) is 5.73 Å². The first-order valence-corrected chi connectivity index (χ1v) is 9.66. The fourth-order valence-electron chi connectivity index (χ4n) is 3.46. The van der Waals surface area contributed by atoms with Gasteiger partial charge in [0.15, 0.2) is 0 Å². The molecule has 0 aliphatic carbocycles. The minimum atomic E-state index is -0.708. The number of halogens is 2. The number of rotatable bonds is 3. The maximum Gasteiger partial charge on any atom is 0.322 e. The van der Waals surface area contributed by atoms with Crippen LogP contribution in [-0.4, -0.2) is 33.2 Å². The summed E-state index contributed by atoms with van der Waals surface area (Å²) in [5.74, 6) is -1.29. The maximum atomic E-state index is 13.5. The van der Waals surface area contributed by atoms with Gasteiger partial charge < -0.3 is 16.0 Å². The monoisotopic (exact) mass is 438 g/mol. The Balaban J connectivity index is 1.63. The van der Waals surface area contributed by atoms with Gasteiger partial charge in [-0.1, -0.05) is 17.7 Å². The van der Waals surface area contributed by atoms with Crippen LogP contribution in [-0.2, 0) is 13.1 Å². The van der Waals surface area contributed by atoms with Crippen molar-refractivity contribution >= 4 is 29.2 Å². The fourth-order valence-corrected chi connectivity index (χ4v) is 3.65. The molecule has 0 saturated carbocycles. The number of urea groups is 1. The van der Waals surface area contributed by atoms with Gasteiger partial charge in [0.25, 0.3) is 5.91 Å². The molecule has 1 aliphatic rings. The number of anilines is 1. The van der Waals surface area contributed by atoms with Crippen LogP contribution < -0.4 is 11.1 Å². The zero-order chi connectivity index (χ0) is 22.1. The van der Waals surface area contributed by atoms with Gasteiger partial charge in [-0.3, -0.25) is 9.48 Å². The fraction of sp³-hybridized carbons (Fsp3) is 0.143. The zero-order valence-corrected chi connectivity index (χ0v) is 16.9. The summed E-state index contributed by atoms with van der Waals surface area (Å²) in [4.78, 5) is 26.5. The van der Waals surface area contributed by atoms with Crippen LogP contribution in [0, 0.1) is 17.1 Å². The molecule has 0 bridgehead atoms. The highest BCUT2D eigenvalue weighted by molar-refractivity contribution is 6.31. The Kier molecular flexibility index (Phi) is 5.31. The molecular weight excluding hydrogens is 423 g/mol. The summed E-state index contributed by atoms with van der Waals surface area (Å²) < 4.78 is 15.2. The van der Waals surface area contributed by atoms with Crippen LogP contribution >= 0.6 is 11.6 Å². The number of hydrogen-bond donors (Lipinski definition) is 2. The minimum Gasteiger partial charge on any atom is -0.365 e. The Bertz CT molecular complexity index is 1250. The Hall–Kier alpha value is -3.90. The lowest BCUT2D eigenvalue weighted by atomic mass is 10.0. The molecule has 2 aromatic carbocycles. The maximum absolute atomic E-state index is 13.5. The highest BCUT2D eigenvalue weighted by atomic mass is 35.5. The molecule has 3 amide bonds. The molecule has 0 saturated heterocycles. The quantitative estimate of drug-likeness (QED) is 0.651. The van der Waals surface area contributed by atoms with Crippen molar-refractivity contribution in [1.82, 2.24) is 14.7 Å². The zero-order valence-electron chi connectivity index (χ0n) is 16.1. The molecule has 3 aromatic rings. The Labute approximate surface area is 181 Å². The van der Waals surface area contributed by atoms with Gasteiger partial charge in [-0.2, -0.15) is 10.4 Å². The highest BCUT2D eigenvalue weighted by Crippen LogP contribution is 2.30. The summed E-state index contributed by atoms with van der Waals surface area (Å²) in [5.41, 5.74) is 7.90. The third kappa shape index (κ3) is 3.93. The molecular formula is C21H16ClFN6O2. The third-order valence-corrected chi connectivity index (χ3v) is 5.24. The largest absolute Gasteiger partial charge is 0.365 e. The Morgan fingerprint density at radius 2 is 2.03 bits per heavy atom. The van der Waals surface area contributed by atoms with Crippen molar-refractivity contribution in [2.45, 2.75) is 13.1 Å². The topological polar surface area (TPSA) is 117 Å². The smallest absolute Gasteiger partial charge is 0.322 e. The molecule has 0 spiro atoms. The van der Waals surface area contributed by atoms with Crippen LogP contribution in [0.5, 0.6) is 0 Å². The second kappa shape index (κ2) is 8.08. The average molecular weight is 439 g/mol. The summed E-state index contributed by atoms with van der Waals surface area (Å²) in [6.45, 7) is 0.792. The first kappa shape index (κ1) is 20.4. The van der Waals surface area contributed by atoms with E-state index in [-0.39, 0.29) is 28.9 Å². The molecule has 0 fully saturated rings. The number of aromatic nitrogens is 2. The van der Waals surface area contributed by atoms with Crippen molar-refractivity contribution in [3.05, 3.63) is 70.1 Å². The lowest BCUT2D eigenvalue weighted by molar-refractivity contribution is 0.0997. The third-order valence-electron chi connectivity index (χ3n) is 4.95. The number of hydrogen-bond acceptors (Lipinski definition) is 4. The van der Waals surface area contributed by atoms with Gasteiger partial charge in [-0.25, -0.2) is 9.18 Å². The van der Waals surface area contributed by atoms with E-state index in [0.29, 0.717) is 35.6 Å². The number of amides is 3. The number of primary amides is 1. The molecule has 0 unspecified atom stereocenters. The second-order valence-electron chi connectivity index (χ2n) is 6.93. The van der Waals surface area contributed by atoms with E-state index in [0.717, 1.165) is 0 Å². The predicted octanol–water partition coefficient (Wildman–Crippen LogP) is 3.36. The van der Waals surface area contributed by atoms with Gasteiger partial charge in [-0.05, 0) is 36.4 Å². The first-order chi connectivity index (χ1) is 14.9. The van der Waals surface area contributed by atoms with E-state index in [4.69, 9.17) is 22.6 Å². The summed E-state index contributed by atoms with van der Waals surface area (Å²) >= 11 is 5.88. The first-order valence-electron chi connectivity index (χ1n) is 9.28. The van der Waals surface area contributed by atoms with Crippen molar-refractivity contribution < 1.29 is 14.0 Å². The molecule has 0 radical (unpaired) electrons. The molecule has 0 atom stereocenters. The molecule has 2 heterocycles. The van der Waals surface area contributed by atoms with Crippen molar-refractivity contribution in [3.8, 4) is 17.3 Å². The van der Waals surface area contributed by atoms with Gasteiger partial charge in [0, 0.05) is 17.8 Å². The van der Waals surface area contributed by atoms with E-state index >= 15 is 0 Å². The molecule has 31 heavy (non-hydrogen) atoms. The summed E-state index contributed by atoms with van der Waals surface area (Å²) in [5, 5.41) is 16.1. The number of carbonyl (C=O) groups is 2. The predicted molar refractivity (Wildman–Crippen MR) is 112 cm³/mol. The van der Waals surface area contributed by atoms with E-state index in [2.05, 4.69) is 10.4 Å². The van der Waals surface area contributed by atoms with Gasteiger partial charge in [0.05, 0.1) is 41.0 Å². The number of carbonyl (C=O) groups excluding carboxylic acids is 2. The molecule has 1 aliphatic heterocycles. The SMILES string of the molecule is N#Cc1cccc(NC(=O)N2CCn3nc(-c4ccc(F)c(Cl)c4)c(C(N)=O)c3C2)c1. The van der Waals surface area contributed by atoms with Gasteiger partial charge in [0.1, 0.15) is 11.5 Å². The van der Waals surface area contributed by atoms with Crippen molar-refractivity contribution in [3.63, 3.8) is 0 Å². The highest BCUT2D eigenvalue weighted by Gasteiger charge is 2.30. The van der Waals surface area contributed by atoms with Gasteiger partial charge in [-0.15, -0.1) is 0 Å². The average Bonchev–Trinajstić information content (AvgIpc) is 3.14. The van der Waals surface area contributed by atoms with E-state index in [1.54, 1.807) is 28.9 Å². The lowest BCUT2D eigenvalue weighted by Gasteiger charge is -2.28. The van der Waals surface area contributed by atoms with Crippen LogP contribution in [0.4, 0.5) is 14.9 Å². The number of fused-ring (bicyclic) bond motifs is 1. The number of benzene rings is 2. The normalized spacial score (nSPS) is 12.7. The molecule has 3 N–H and O–H groups in total. The number of nitriles is 1. The summed E-state index contributed by atoms with van der Waals surface area (Å²) in [7, 11) is 0. The standard InChI is InChI=1S/C21H16ClFN6O2/c22-15-9-13(4-5-16(15)23)19-18(20(25)30)17-11-28(6-7-29(17)27-19)21(31)26-14-3-1-2-12(8-14)10-24/h1-5,8-9H,6-7,11H2,(H2,25,30)(H,26,31). The Morgan fingerprint density at radius 3 is 2.74 bits per heavy atom. The molecule has 4 rings (SSSR count). The van der Waals surface area contributed by atoms with E-state index in [1.165, 1.54) is 23.1 Å². The summed E-state index contributed by atoms with van der Waals surface area (Å²) in [6.07, 6.45) is 0. The minimum absolute atomic E-state index is 0.0977. The second-order valence-corrected chi connectivity index (χ2v) is 7.34. The van der Waals surface area contributed by atoms with Crippen LogP contribution in [0.3, 0.4) is 0 Å². The number of nitrogens with one attached hydrogen (secondary N) is 1. The lowest BCUT2D eigenvalue weighted by Crippen LogP contribution is -2.41. The molecule has 156 valence electrons. The Morgan fingerprint density at radius 1 is 1.23 bits per heavy atom. The van der Waals surface area contributed by atoms with E-state index < -0.39 is 11.7 Å². The molecule has 1 aromatic heterocycles. The van der Waals surface area contributed by atoms with E-state index in [9.17, 15) is 14.0 Å². The van der Waals surface area contributed by atoms with Crippen LogP contribution in [0.15, 0.2) is 42.5 Å². The van der Waals surface area contributed by atoms with Gasteiger partial charge in [0.2, 0.25) is 0 Å². The summed E-state index contributed by atoms with van der Waals surface area (Å²) in [6, 6.07) is 12.2. The van der Waals surface area contributed by atoms with Crippen molar-refractivity contribution in [2.75, 3.05) is 11.9 Å². The van der Waals surface area contributed by atoms with Crippen LogP contribution in [0.25, 0.3) is 11.3 Å². The van der Waals surface area contributed by atoms with Crippen LogP contribution in [0.1, 0.15) is 21.6 Å². The van der Waals surface area contributed by atoms with Gasteiger partial charge >= 0.3 is 6.03 Å². The van der Waals surface area contributed by atoms with Crippen LogP contribution in [0.2, 0.25) is 5.02 Å². The molecule has 8 nitrogen and oxygen atoms in total. The molecule has 10 heteroatoms. The number of nitrogens with zero attached hydrogens (tertiary/aromatic N) is 4. The van der Waals surface area contributed by atoms with E-state index in [1.807, 2.05) is 6.07 Å². The van der Waals surface area contributed by atoms with Crippen molar-refractivity contribution in [1.29, 1.82) is 5.26 Å².